The Hall–Kier alpha value is -1.68. The summed E-state index contributed by atoms with van der Waals surface area (Å²) in [6.07, 6.45) is 8.51. The van der Waals surface area contributed by atoms with Crippen molar-refractivity contribution in [1.82, 2.24) is 14.8 Å². The minimum atomic E-state index is 0.158. The normalized spacial score (nSPS) is 12.6. The number of nitrogens with two attached hydrogens (primary N) is 1. The molecule has 4 heteroatoms. The minimum absolute atomic E-state index is 0.158. The summed E-state index contributed by atoms with van der Waals surface area (Å²) in [4.78, 5) is 4.28. The van der Waals surface area contributed by atoms with Crippen LogP contribution in [0.5, 0.6) is 0 Å². The molecule has 4 nitrogen and oxygen atoms in total. The Morgan fingerprint density at radius 1 is 1.41 bits per heavy atom. The summed E-state index contributed by atoms with van der Waals surface area (Å²) in [7, 11) is 1.93. The van der Waals surface area contributed by atoms with Gasteiger partial charge in [0.05, 0.1) is 6.20 Å². The molecule has 0 amide bonds. The molecule has 2 rings (SSSR count). The molecule has 0 spiro atoms. The van der Waals surface area contributed by atoms with Gasteiger partial charge in [-0.25, -0.2) is 0 Å². The molecular weight excluding hydrogens is 212 g/mol. The largest absolute Gasteiger partial charge is 0.327 e. The summed E-state index contributed by atoms with van der Waals surface area (Å²) < 4.78 is 1.82. The van der Waals surface area contributed by atoms with Gasteiger partial charge in [-0.05, 0) is 30.5 Å². The van der Waals surface area contributed by atoms with Crippen LogP contribution in [-0.2, 0) is 19.9 Å². The lowest BCUT2D eigenvalue weighted by Gasteiger charge is -2.09. The van der Waals surface area contributed by atoms with E-state index in [9.17, 15) is 0 Å². The van der Waals surface area contributed by atoms with Gasteiger partial charge in [0.1, 0.15) is 0 Å². The van der Waals surface area contributed by atoms with Crippen LogP contribution in [0.1, 0.15) is 17.7 Å². The zero-order valence-corrected chi connectivity index (χ0v) is 10.1. The van der Waals surface area contributed by atoms with Crippen molar-refractivity contribution in [2.45, 2.75) is 25.3 Å². The topological polar surface area (TPSA) is 56.7 Å². The molecule has 0 aliphatic heterocycles. The van der Waals surface area contributed by atoms with Crippen molar-refractivity contribution < 1.29 is 0 Å². The maximum absolute atomic E-state index is 6.09. The summed E-state index contributed by atoms with van der Waals surface area (Å²) in [6, 6.07) is 6.09. The predicted molar refractivity (Wildman–Crippen MR) is 67.4 cm³/mol. The van der Waals surface area contributed by atoms with Crippen LogP contribution in [-0.4, -0.2) is 20.8 Å². The highest BCUT2D eigenvalue weighted by molar-refractivity contribution is 5.07. The number of aryl methyl sites for hydroxylation is 2. The smallest absolute Gasteiger partial charge is 0.0521 e. The second-order valence-corrected chi connectivity index (χ2v) is 4.35. The first-order chi connectivity index (χ1) is 8.24. The molecule has 2 aromatic rings. The molecule has 17 heavy (non-hydrogen) atoms. The van der Waals surface area contributed by atoms with E-state index in [0.29, 0.717) is 0 Å². The first-order valence-corrected chi connectivity index (χ1v) is 5.87. The minimum Gasteiger partial charge on any atom is -0.327 e. The van der Waals surface area contributed by atoms with Crippen LogP contribution in [0.25, 0.3) is 0 Å². The average Bonchev–Trinajstić information content (AvgIpc) is 2.74. The van der Waals surface area contributed by atoms with Crippen LogP contribution in [0.2, 0.25) is 0 Å². The lowest BCUT2D eigenvalue weighted by Crippen LogP contribution is -2.23. The quantitative estimate of drug-likeness (QED) is 0.842. The molecule has 0 aliphatic rings. The van der Waals surface area contributed by atoms with Crippen molar-refractivity contribution in [1.29, 1.82) is 0 Å². The van der Waals surface area contributed by atoms with Gasteiger partial charge in [0.15, 0.2) is 0 Å². The van der Waals surface area contributed by atoms with Gasteiger partial charge in [-0.3, -0.25) is 9.67 Å². The van der Waals surface area contributed by atoms with Crippen molar-refractivity contribution in [2.75, 3.05) is 0 Å². The standard InChI is InChI=1S/C13H18N4/c1-17-10-11(9-16-17)5-6-12(14)8-13-4-2-3-7-15-13/h2-4,7,9-10,12H,5-6,8,14H2,1H3. The molecular formula is C13H18N4. The number of aromatic nitrogens is 3. The summed E-state index contributed by atoms with van der Waals surface area (Å²) in [5.41, 5.74) is 8.39. The number of hydrogen-bond acceptors (Lipinski definition) is 3. The summed E-state index contributed by atoms with van der Waals surface area (Å²) in [5.74, 6) is 0. The van der Waals surface area contributed by atoms with E-state index in [1.165, 1.54) is 5.56 Å². The summed E-state index contributed by atoms with van der Waals surface area (Å²) >= 11 is 0. The zero-order valence-electron chi connectivity index (χ0n) is 10.1. The number of rotatable bonds is 5. The third-order valence-electron chi connectivity index (χ3n) is 2.76. The van der Waals surface area contributed by atoms with E-state index in [-0.39, 0.29) is 6.04 Å². The molecule has 90 valence electrons. The highest BCUT2D eigenvalue weighted by Gasteiger charge is 2.06. The summed E-state index contributed by atoms with van der Waals surface area (Å²) in [6.45, 7) is 0. The van der Waals surface area contributed by atoms with Crippen LogP contribution >= 0.6 is 0 Å². The highest BCUT2D eigenvalue weighted by Crippen LogP contribution is 2.06. The molecule has 0 bridgehead atoms. The Morgan fingerprint density at radius 3 is 2.94 bits per heavy atom. The van der Waals surface area contributed by atoms with E-state index in [4.69, 9.17) is 5.73 Å². The van der Waals surface area contributed by atoms with E-state index in [1.54, 1.807) is 0 Å². The molecule has 0 aliphatic carbocycles. The van der Waals surface area contributed by atoms with Gasteiger partial charge in [-0.1, -0.05) is 6.07 Å². The lowest BCUT2D eigenvalue weighted by atomic mass is 10.0. The van der Waals surface area contributed by atoms with Crippen LogP contribution in [0.15, 0.2) is 36.8 Å². The molecule has 1 atom stereocenters. The van der Waals surface area contributed by atoms with E-state index in [0.717, 1.165) is 25.0 Å². The molecule has 1 unspecified atom stereocenters. The average molecular weight is 230 g/mol. The molecule has 0 saturated heterocycles. The molecule has 0 saturated carbocycles. The van der Waals surface area contributed by atoms with E-state index in [2.05, 4.69) is 10.1 Å². The predicted octanol–water partition coefficient (Wildman–Crippen LogP) is 1.32. The third-order valence-corrected chi connectivity index (χ3v) is 2.76. The fraction of sp³-hybridized carbons (Fsp3) is 0.385. The van der Waals surface area contributed by atoms with Gasteiger partial charge in [0.2, 0.25) is 0 Å². The van der Waals surface area contributed by atoms with Gasteiger partial charge >= 0.3 is 0 Å². The van der Waals surface area contributed by atoms with Crippen LogP contribution in [0.4, 0.5) is 0 Å². The highest BCUT2D eigenvalue weighted by atomic mass is 15.2. The Bertz CT molecular complexity index is 449. The Kier molecular flexibility index (Phi) is 3.88. The number of nitrogens with zero attached hydrogens (tertiary/aromatic N) is 3. The van der Waals surface area contributed by atoms with Gasteiger partial charge in [0.25, 0.3) is 0 Å². The van der Waals surface area contributed by atoms with Crippen molar-refractivity contribution in [3.63, 3.8) is 0 Å². The van der Waals surface area contributed by atoms with Gasteiger partial charge in [-0.2, -0.15) is 5.10 Å². The van der Waals surface area contributed by atoms with E-state index >= 15 is 0 Å². The second-order valence-electron chi connectivity index (χ2n) is 4.35. The van der Waals surface area contributed by atoms with E-state index < -0.39 is 0 Å². The molecule has 2 N–H and O–H groups in total. The van der Waals surface area contributed by atoms with Gasteiger partial charge < -0.3 is 5.73 Å². The Labute approximate surface area is 101 Å². The maximum Gasteiger partial charge on any atom is 0.0521 e. The Morgan fingerprint density at radius 2 is 2.29 bits per heavy atom. The lowest BCUT2D eigenvalue weighted by molar-refractivity contribution is 0.602. The molecule has 2 heterocycles. The molecule has 0 fully saturated rings. The summed E-state index contributed by atoms with van der Waals surface area (Å²) in [5, 5.41) is 4.14. The fourth-order valence-corrected chi connectivity index (χ4v) is 1.84. The molecule has 0 aromatic carbocycles. The Balaban J connectivity index is 1.80. The van der Waals surface area contributed by atoms with Crippen LogP contribution in [0.3, 0.4) is 0 Å². The molecule has 0 radical (unpaired) electrons. The first-order valence-electron chi connectivity index (χ1n) is 5.87. The van der Waals surface area contributed by atoms with Crippen molar-refractivity contribution in [2.24, 2.45) is 12.8 Å². The van der Waals surface area contributed by atoms with Crippen LogP contribution in [0, 0.1) is 0 Å². The molecule has 2 aromatic heterocycles. The SMILES string of the molecule is Cn1cc(CCC(N)Cc2ccccn2)cn1. The van der Waals surface area contributed by atoms with Gasteiger partial charge in [0, 0.05) is 37.6 Å². The zero-order chi connectivity index (χ0) is 12.1. The van der Waals surface area contributed by atoms with Crippen LogP contribution < -0.4 is 5.73 Å². The second kappa shape index (κ2) is 5.59. The van der Waals surface area contributed by atoms with Crippen molar-refractivity contribution in [3.8, 4) is 0 Å². The number of pyridine rings is 1. The fourth-order valence-electron chi connectivity index (χ4n) is 1.84. The van der Waals surface area contributed by atoms with E-state index in [1.807, 2.05) is 48.5 Å². The van der Waals surface area contributed by atoms with Crippen molar-refractivity contribution >= 4 is 0 Å². The van der Waals surface area contributed by atoms with Crippen molar-refractivity contribution in [3.05, 3.63) is 48.0 Å². The monoisotopic (exact) mass is 230 g/mol. The first kappa shape index (κ1) is 11.8. The number of hydrogen-bond donors (Lipinski definition) is 1. The third kappa shape index (κ3) is 3.67. The maximum atomic E-state index is 6.09. The van der Waals surface area contributed by atoms with Gasteiger partial charge in [-0.15, -0.1) is 0 Å².